The van der Waals surface area contributed by atoms with Crippen molar-refractivity contribution < 1.29 is 19.5 Å². The van der Waals surface area contributed by atoms with Crippen LogP contribution in [-0.4, -0.2) is 36.1 Å². The zero-order valence-corrected chi connectivity index (χ0v) is 12.3. The number of halogens is 1. The van der Waals surface area contributed by atoms with Gasteiger partial charge in [0.15, 0.2) is 0 Å². The molecule has 1 rings (SSSR count). The number of carboxylic acid groups (broad SMARTS) is 1. The summed E-state index contributed by atoms with van der Waals surface area (Å²) in [5.41, 5.74) is 1.55. The number of aliphatic carboxylic acids is 1. The van der Waals surface area contributed by atoms with Gasteiger partial charge in [0.1, 0.15) is 6.54 Å². The molecule has 0 atom stereocenters. The molecule has 0 bridgehead atoms. The number of benzene rings is 1. The molecule has 1 aromatic rings. The summed E-state index contributed by atoms with van der Waals surface area (Å²) in [4.78, 5) is 33.0. The Bertz CT molecular complexity index is 533. The lowest BCUT2D eigenvalue weighted by atomic mass is 10.2. The number of aryl methyl sites for hydroxylation is 1. The molecule has 0 aliphatic rings. The number of carbonyl (C=O) groups excluding carboxylic acids is 2. The molecule has 0 aliphatic carbocycles. The molecule has 0 saturated heterocycles. The second kappa shape index (κ2) is 7.49. The second-order valence-electron chi connectivity index (χ2n) is 3.96. The zero-order valence-electron chi connectivity index (χ0n) is 10.7. The Morgan fingerprint density at radius 2 is 1.90 bits per heavy atom. The van der Waals surface area contributed by atoms with Gasteiger partial charge in [-0.3, -0.25) is 9.59 Å². The number of rotatable bonds is 5. The van der Waals surface area contributed by atoms with E-state index in [0.717, 1.165) is 5.56 Å². The van der Waals surface area contributed by atoms with Crippen LogP contribution in [0.4, 0.5) is 10.5 Å². The molecular weight excluding hydrogens is 330 g/mol. The van der Waals surface area contributed by atoms with Crippen molar-refractivity contribution in [2.24, 2.45) is 0 Å². The average Bonchev–Trinajstić information content (AvgIpc) is 2.38. The lowest BCUT2D eigenvalue weighted by Crippen LogP contribution is -2.40. The Balaban J connectivity index is 2.42. The van der Waals surface area contributed by atoms with E-state index in [0.29, 0.717) is 10.2 Å². The minimum absolute atomic E-state index is 0.303. The van der Waals surface area contributed by atoms with Crippen LogP contribution in [0.25, 0.3) is 0 Å². The molecular formula is C12H14BrN3O4. The maximum Gasteiger partial charge on any atom is 0.322 e. The molecule has 7 nitrogen and oxygen atoms in total. The average molecular weight is 344 g/mol. The van der Waals surface area contributed by atoms with Crippen molar-refractivity contribution in [2.75, 3.05) is 18.4 Å². The van der Waals surface area contributed by atoms with Crippen LogP contribution >= 0.6 is 15.9 Å². The molecule has 0 aliphatic heterocycles. The largest absolute Gasteiger partial charge is 0.480 e. The predicted molar refractivity (Wildman–Crippen MR) is 76.5 cm³/mol. The molecule has 108 valence electrons. The topological polar surface area (TPSA) is 108 Å². The minimum atomic E-state index is -1.15. The Morgan fingerprint density at radius 1 is 1.20 bits per heavy atom. The van der Waals surface area contributed by atoms with Crippen LogP contribution in [0.3, 0.4) is 0 Å². The van der Waals surface area contributed by atoms with Crippen molar-refractivity contribution in [3.63, 3.8) is 0 Å². The summed E-state index contributed by atoms with van der Waals surface area (Å²) >= 11 is 3.29. The summed E-state index contributed by atoms with van der Waals surface area (Å²) in [5, 5.41) is 15.4. The van der Waals surface area contributed by atoms with Crippen molar-refractivity contribution in [1.29, 1.82) is 0 Å². The summed E-state index contributed by atoms with van der Waals surface area (Å²) in [6.07, 6.45) is 0. The first-order valence-electron chi connectivity index (χ1n) is 5.68. The maximum atomic E-state index is 11.6. The van der Waals surface area contributed by atoms with Gasteiger partial charge in [-0.1, -0.05) is 6.07 Å². The summed E-state index contributed by atoms with van der Waals surface area (Å²) < 4.78 is 0.716. The fourth-order valence-electron chi connectivity index (χ4n) is 1.30. The molecule has 0 unspecified atom stereocenters. The van der Waals surface area contributed by atoms with Gasteiger partial charge in [-0.05, 0) is 40.5 Å². The highest BCUT2D eigenvalue weighted by molar-refractivity contribution is 9.10. The van der Waals surface area contributed by atoms with Crippen molar-refractivity contribution in [1.82, 2.24) is 10.6 Å². The molecule has 0 radical (unpaired) electrons. The number of nitrogens with one attached hydrogen (secondary N) is 3. The van der Waals surface area contributed by atoms with Crippen LogP contribution < -0.4 is 16.0 Å². The monoisotopic (exact) mass is 343 g/mol. The molecule has 3 amide bonds. The first-order chi connectivity index (χ1) is 9.38. The van der Waals surface area contributed by atoms with E-state index < -0.39 is 24.5 Å². The number of urea groups is 1. The van der Waals surface area contributed by atoms with Gasteiger partial charge in [-0.25, -0.2) is 4.79 Å². The lowest BCUT2D eigenvalue weighted by molar-refractivity contribution is -0.137. The van der Waals surface area contributed by atoms with Crippen LogP contribution in [0.5, 0.6) is 0 Å². The highest BCUT2D eigenvalue weighted by Gasteiger charge is 2.08. The first-order valence-corrected chi connectivity index (χ1v) is 6.47. The zero-order chi connectivity index (χ0) is 15.1. The lowest BCUT2D eigenvalue weighted by Gasteiger charge is -2.09. The summed E-state index contributed by atoms with van der Waals surface area (Å²) in [6.45, 7) is 1.10. The SMILES string of the molecule is Cc1ccc(Br)c(NC(=O)NCC(=O)NCC(=O)O)c1. The quantitative estimate of drug-likeness (QED) is 0.641. The molecule has 20 heavy (non-hydrogen) atoms. The van der Waals surface area contributed by atoms with Crippen molar-refractivity contribution in [3.8, 4) is 0 Å². The van der Waals surface area contributed by atoms with Gasteiger partial charge >= 0.3 is 12.0 Å². The van der Waals surface area contributed by atoms with E-state index in [1.54, 1.807) is 12.1 Å². The normalized spacial score (nSPS) is 9.70. The molecule has 0 spiro atoms. The number of hydrogen-bond acceptors (Lipinski definition) is 3. The van der Waals surface area contributed by atoms with Gasteiger partial charge in [-0.2, -0.15) is 0 Å². The molecule has 1 aromatic carbocycles. The van der Waals surface area contributed by atoms with Crippen LogP contribution in [0.2, 0.25) is 0 Å². The van der Waals surface area contributed by atoms with Gasteiger partial charge in [0, 0.05) is 4.47 Å². The van der Waals surface area contributed by atoms with E-state index in [4.69, 9.17) is 5.11 Å². The van der Waals surface area contributed by atoms with Gasteiger partial charge in [0.05, 0.1) is 12.2 Å². The molecule has 0 saturated carbocycles. The third-order valence-corrected chi connectivity index (χ3v) is 2.91. The number of hydrogen-bond donors (Lipinski definition) is 4. The van der Waals surface area contributed by atoms with Crippen LogP contribution in [-0.2, 0) is 9.59 Å². The van der Waals surface area contributed by atoms with E-state index in [2.05, 4.69) is 31.9 Å². The fraction of sp³-hybridized carbons (Fsp3) is 0.250. The summed E-state index contributed by atoms with van der Waals surface area (Å²) in [6, 6.07) is 4.90. The van der Waals surface area contributed by atoms with E-state index in [9.17, 15) is 14.4 Å². The molecule has 0 aromatic heterocycles. The van der Waals surface area contributed by atoms with Crippen LogP contribution in [0, 0.1) is 6.92 Å². The minimum Gasteiger partial charge on any atom is -0.480 e. The first kappa shape index (κ1) is 16.0. The van der Waals surface area contributed by atoms with Crippen molar-refractivity contribution in [3.05, 3.63) is 28.2 Å². The third-order valence-electron chi connectivity index (χ3n) is 2.22. The Morgan fingerprint density at radius 3 is 2.55 bits per heavy atom. The number of carboxylic acids is 1. The fourth-order valence-corrected chi connectivity index (χ4v) is 1.64. The van der Waals surface area contributed by atoms with Gasteiger partial charge in [0.25, 0.3) is 0 Å². The maximum absolute atomic E-state index is 11.6. The highest BCUT2D eigenvalue weighted by Crippen LogP contribution is 2.22. The smallest absolute Gasteiger partial charge is 0.322 e. The predicted octanol–water partition coefficient (Wildman–Crippen LogP) is 1.08. The summed E-state index contributed by atoms with van der Waals surface area (Å²) in [5.74, 6) is -1.72. The molecule has 0 heterocycles. The van der Waals surface area contributed by atoms with E-state index in [1.807, 2.05) is 13.0 Å². The van der Waals surface area contributed by atoms with E-state index in [1.165, 1.54) is 0 Å². The van der Waals surface area contributed by atoms with Gasteiger partial charge in [-0.15, -0.1) is 0 Å². The Hall–Kier alpha value is -2.09. The second-order valence-corrected chi connectivity index (χ2v) is 4.82. The Kier molecular flexibility index (Phi) is 5.98. The van der Waals surface area contributed by atoms with Crippen LogP contribution in [0.15, 0.2) is 22.7 Å². The standard InChI is InChI=1S/C12H14BrN3O4/c1-7-2-3-8(13)9(4-7)16-12(20)15-5-10(17)14-6-11(18)19/h2-4H,5-6H2,1H3,(H,14,17)(H,18,19)(H2,15,16,20). The Labute approximate surface area is 123 Å². The van der Waals surface area contributed by atoms with Gasteiger partial charge in [0.2, 0.25) is 5.91 Å². The molecule has 0 fully saturated rings. The molecule has 8 heteroatoms. The number of anilines is 1. The highest BCUT2D eigenvalue weighted by atomic mass is 79.9. The number of amides is 3. The van der Waals surface area contributed by atoms with Crippen molar-refractivity contribution in [2.45, 2.75) is 6.92 Å². The van der Waals surface area contributed by atoms with E-state index >= 15 is 0 Å². The molecule has 4 N–H and O–H groups in total. The van der Waals surface area contributed by atoms with Crippen LogP contribution in [0.1, 0.15) is 5.56 Å². The number of carbonyl (C=O) groups is 3. The van der Waals surface area contributed by atoms with Gasteiger partial charge < -0.3 is 21.1 Å². The third kappa shape index (κ3) is 5.70. The van der Waals surface area contributed by atoms with E-state index in [-0.39, 0.29) is 6.54 Å². The summed E-state index contributed by atoms with van der Waals surface area (Å²) in [7, 11) is 0. The van der Waals surface area contributed by atoms with Crippen molar-refractivity contribution >= 4 is 39.5 Å².